The first kappa shape index (κ1) is 22.9. The summed E-state index contributed by atoms with van der Waals surface area (Å²) in [4.78, 5) is 16.2. The number of amides is 1. The van der Waals surface area contributed by atoms with E-state index in [0.717, 1.165) is 35.5 Å². The highest BCUT2D eigenvalue weighted by atomic mass is 32.2. The van der Waals surface area contributed by atoms with Crippen molar-refractivity contribution >= 4 is 21.6 Å². The fourth-order valence-electron chi connectivity index (χ4n) is 4.75. The Morgan fingerprint density at radius 1 is 1.19 bits per heavy atom. The molecule has 0 spiro atoms. The second-order valence-corrected chi connectivity index (χ2v) is 10.4. The van der Waals surface area contributed by atoms with Crippen LogP contribution in [0.2, 0.25) is 0 Å². The Balaban J connectivity index is 1.55. The molecule has 8 heteroatoms. The van der Waals surface area contributed by atoms with Gasteiger partial charge >= 0.3 is 0 Å². The minimum absolute atomic E-state index is 0.0282. The Labute approximate surface area is 190 Å². The molecule has 0 saturated carbocycles. The fraction of sp³-hybridized carbons (Fsp3) is 0.458. The zero-order valence-corrected chi connectivity index (χ0v) is 19.7. The second kappa shape index (κ2) is 9.31. The number of benzene rings is 2. The normalized spacial score (nSPS) is 20.2. The predicted octanol–water partition coefficient (Wildman–Crippen LogP) is 2.64. The molecule has 172 valence electrons. The molecule has 0 bridgehead atoms. The molecule has 4 rings (SSSR count). The van der Waals surface area contributed by atoms with Crippen LogP contribution in [0.15, 0.2) is 47.4 Å². The molecule has 2 heterocycles. The molecule has 7 nitrogen and oxygen atoms in total. The van der Waals surface area contributed by atoms with Gasteiger partial charge in [-0.3, -0.25) is 9.69 Å². The monoisotopic (exact) mass is 457 g/mol. The number of nitrogens with zero attached hydrogens (tertiary/aromatic N) is 2. The minimum Gasteiger partial charge on any atom is -0.379 e. The summed E-state index contributed by atoms with van der Waals surface area (Å²) in [6.45, 7) is 8.64. The first-order valence-corrected chi connectivity index (χ1v) is 12.6. The highest BCUT2D eigenvalue weighted by Crippen LogP contribution is 2.34. The Morgan fingerprint density at radius 3 is 2.62 bits per heavy atom. The average Bonchev–Trinajstić information content (AvgIpc) is 3.10. The van der Waals surface area contributed by atoms with Gasteiger partial charge < -0.3 is 9.64 Å². The molecule has 2 aliphatic heterocycles. The lowest BCUT2D eigenvalue weighted by atomic mass is 10.0. The quantitative estimate of drug-likeness (QED) is 0.722. The molecule has 0 aromatic heterocycles. The molecule has 1 amide bonds. The summed E-state index contributed by atoms with van der Waals surface area (Å²) in [6.07, 6.45) is 0.651. The molecular weight excluding hydrogens is 426 g/mol. The third kappa shape index (κ3) is 4.73. The topological polar surface area (TPSA) is 79.0 Å². The van der Waals surface area contributed by atoms with Gasteiger partial charge in [-0.2, -0.15) is 0 Å². The number of aryl methyl sites for hydroxylation is 1. The van der Waals surface area contributed by atoms with E-state index in [0.29, 0.717) is 19.6 Å². The van der Waals surface area contributed by atoms with Crippen LogP contribution >= 0.6 is 0 Å². The van der Waals surface area contributed by atoms with Crippen molar-refractivity contribution in [1.82, 2.24) is 9.62 Å². The lowest BCUT2D eigenvalue weighted by Crippen LogP contribution is -2.43. The van der Waals surface area contributed by atoms with Gasteiger partial charge in [-0.05, 0) is 49.6 Å². The van der Waals surface area contributed by atoms with Crippen molar-refractivity contribution in [2.24, 2.45) is 0 Å². The Bertz CT molecular complexity index is 1100. The van der Waals surface area contributed by atoms with E-state index in [-0.39, 0.29) is 29.4 Å². The van der Waals surface area contributed by atoms with Crippen LogP contribution in [0.1, 0.15) is 36.6 Å². The summed E-state index contributed by atoms with van der Waals surface area (Å²) < 4.78 is 34.7. The summed E-state index contributed by atoms with van der Waals surface area (Å²) in [5, 5.41) is 0. The van der Waals surface area contributed by atoms with Crippen molar-refractivity contribution in [1.29, 1.82) is 0 Å². The highest BCUT2D eigenvalue weighted by Gasteiger charge is 2.31. The standard InChI is InChI=1S/C24H31N3O4S/c1-17-5-4-6-20(13-17)24(26-9-11-31-12-10-26)16-25-32(29,30)22-7-8-23-21(15-22)14-18(2)27(23)19(3)28/h4-8,13,15,18,24-25H,9-12,14,16H2,1-3H3/t18-,24+/m0/s1. The SMILES string of the molecule is CC(=O)N1c2ccc(S(=O)(=O)NC[C@H](c3cccc(C)c3)N3CCOCC3)cc2C[C@@H]1C. The first-order chi connectivity index (χ1) is 15.3. The van der Waals surface area contributed by atoms with E-state index in [2.05, 4.69) is 21.8 Å². The first-order valence-electron chi connectivity index (χ1n) is 11.1. The maximum absolute atomic E-state index is 13.2. The number of nitrogens with one attached hydrogen (secondary N) is 1. The van der Waals surface area contributed by atoms with E-state index in [1.807, 2.05) is 26.0 Å². The van der Waals surface area contributed by atoms with Crippen LogP contribution in [-0.2, 0) is 26.0 Å². The molecule has 0 radical (unpaired) electrons. The van der Waals surface area contributed by atoms with Gasteiger partial charge in [0.05, 0.1) is 18.1 Å². The Hall–Kier alpha value is -2.26. The van der Waals surface area contributed by atoms with Crippen molar-refractivity contribution < 1.29 is 17.9 Å². The Morgan fingerprint density at radius 2 is 1.94 bits per heavy atom. The summed E-state index contributed by atoms with van der Waals surface area (Å²) in [7, 11) is -3.70. The van der Waals surface area contributed by atoms with E-state index in [1.54, 1.807) is 23.1 Å². The van der Waals surface area contributed by atoms with Gasteiger partial charge in [0.25, 0.3) is 0 Å². The number of carbonyl (C=O) groups is 1. The van der Waals surface area contributed by atoms with Gasteiger partial charge in [-0.15, -0.1) is 0 Å². The molecule has 1 saturated heterocycles. The van der Waals surface area contributed by atoms with Gasteiger partial charge in [0.2, 0.25) is 15.9 Å². The number of fused-ring (bicyclic) bond motifs is 1. The van der Waals surface area contributed by atoms with E-state index in [9.17, 15) is 13.2 Å². The lowest BCUT2D eigenvalue weighted by Gasteiger charge is -2.35. The number of carbonyl (C=O) groups excluding carboxylic acids is 1. The molecule has 2 aromatic rings. The van der Waals surface area contributed by atoms with Gasteiger partial charge in [0.15, 0.2) is 0 Å². The van der Waals surface area contributed by atoms with Gasteiger partial charge in [-0.1, -0.05) is 29.8 Å². The van der Waals surface area contributed by atoms with Crippen LogP contribution in [0.4, 0.5) is 5.69 Å². The van der Waals surface area contributed by atoms with Crippen LogP contribution in [0, 0.1) is 6.92 Å². The summed E-state index contributed by atoms with van der Waals surface area (Å²) >= 11 is 0. The van der Waals surface area contributed by atoms with Crippen LogP contribution < -0.4 is 9.62 Å². The zero-order valence-electron chi connectivity index (χ0n) is 18.9. The predicted molar refractivity (Wildman–Crippen MR) is 124 cm³/mol. The molecule has 2 aromatic carbocycles. The lowest BCUT2D eigenvalue weighted by molar-refractivity contribution is -0.116. The third-order valence-corrected chi connectivity index (χ3v) is 7.72. The van der Waals surface area contributed by atoms with Gasteiger partial charge in [0, 0.05) is 44.3 Å². The van der Waals surface area contributed by atoms with E-state index >= 15 is 0 Å². The second-order valence-electron chi connectivity index (χ2n) is 8.66. The van der Waals surface area contributed by atoms with E-state index in [4.69, 9.17) is 4.74 Å². The molecule has 2 aliphatic rings. The maximum atomic E-state index is 13.2. The van der Waals surface area contributed by atoms with Crippen LogP contribution in [0.5, 0.6) is 0 Å². The number of ether oxygens (including phenoxy) is 1. The van der Waals surface area contributed by atoms with Crippen molar-refractivity contribution in [2.45, 2.75) is 44.2 Å². The van der Waals surface area contributed by atoms with E-state index in [1.165, 1.54) is 6.92 Å². The Kier molecular flexibility index (Phi) is 6.67. The minimum atomic E-state index is -3.70. The molecule has 0 aliphatic carbocycles. The summed E-state index contributed by atoms with van der Waals surface area (Å²) in [6, 6.07) is 13.2. The van der Waals surface area contributed by atoms with Crippen molar-refractivity contribution in [2.75, 3.05) is 37.7 Å². The van der Waals surface area contributed by atoms with Crippen molar-refractivity contribution in [3.05, 3.63) is 59.2 Å². The van der Waals surface area contributed by atoms with Crippen molar-refractivity contribution in [3.8, 4) is 0 Å². The number of rotatable bonds is 6. The molecule has 32 heavy (non-hydrogen) atoms. The number of sulfonamides is 1. The van der Waals surface area contributed by atoms with E-state index < -0.39 is 10.0 Å². The average molecular weight is 458 g/mol. The molecule has 1 fully saturated rings. The largest absolute Gasteiger partial charge is 0.379 e. The number of hydrogen-bond donors (Lipinski definition) is 1. The number of anilines is 1. The zero-order chi connectivity index (χ0) is 22.9. The number of morpholine rings is 1. The molecule has 2 atom stereocenters. The third-order valence-electron chi connectivity index (χ3n) is 6.30. The summed E-state index contributed by atoms with van der Waals surface area (Å²) in [5.41, 5.74) is 3.93. The molecule has 1 N–H and O–H groups in total. The van der Waals surface area contributed by atoms with Crippen LogP contribution in [0.25, 0.3) is 0 Å². The number of hydrogen-bond acceptors (Lipinski definition) is 5. The maximum Gasteiger partial charge on any atom is 0.240 e. The molecule has 0 unspecified atom stereocenters. The molecular formula is C24H31N3O4S. The highest BCUT2D eigenvalue weighted by molar-refractivity contribution is 7.89. The smallest absolute Gasteiger partial charge is 0.240 e. The van der Waals surface area contributed by atoms with Gasteiger partial charge in [0.1, 0.15) is 0 Å². The van der Waals surface area contributed by atoms with Crippen LogP contribution in [-0.4, -0.2) is 58.1 Å². The van der Waals surface area contributed by atoms with Crippen LogP contribution in [0.3, 0.4) is 0 Å². The van der Waals surface area contributed by atoms with Crippen molar-refractivity contribution in [3.63, 3.8) is 0 Å². The summed E-state index contributed by atoms with van der Waals surface area (Å²) in [5.74, 6) is -0.0310. The van der Waals surface area contributed by atoms with Gasteiger partial charge in [-0.25, -0.2) is 13.1 Å². The fourth-order valence-corrected chi connectivity index (χ4v) is 5.84.